The molecule has 3 aromatic heterocycles. The predicted octanol–water partition coefficient (Wildman–Crippen LogP) is 3.93. The van der Waals surface area contributed by atoms with Gasteiger partial charge >= 0.3 is 0 Å². The molecule has 0 saturated carbocycles. The van der Waals surface area contributed by atoms with E-state index >= 15 is 0 Å². The van der Waals surface area contributed by atoms with Gasteiger partial charge in [-0.05, 0) is 56.3 Å². The van der Waals surface area contributed by atoms with Gasteiger partial charge in [0.15, 0.2) is 0 Å². The highest BCUT2D eigenvalue weighted by Crippen LogP contribution is 2.34. The Morgan fingerprint density at radius 3 is 2.93 bits per heavy atom. The lowest BCUT2D eigenvalue weighted by atomic mass is 9.92. The topological polar surface area (TPSA) is 51.0 Å². The second-order valence-corrected chi connectivity index (χ2v) is 9.64. The number of thiophene rings is 1. The Kier molecular flexibility index (Phi) is 6.11. The van der Waals surface area contributed by atoms with Gasteiger partial charge in [-0.3, -0.25) is 14.3 Å². The maximum atomic E-state index is 13.1. The van der Waals surface area contributed by atoms with Gasteiger partial charge in [-0.2, -0.15) is 0 Å². The monoisotopic (exact) mass is 410 g/mol. The van der Waals surface area contributed by atoms with Crippen molar-refractivity contribution in [3.8, 4) is 0 Å². The molecule has 5 nitrogen and oxygen atoms in total. The van der Waals surface area contributed by atoms with Crippen LogP contribution >= 0.6 is 11.3 Å². The van der Waals surface area contributed by atoms with Crippen molar-refractivity contribution in [3.63, 3.8) is 0 Å². The molecule has 0 radical (unpaired) electrons. The first-order valence-electron chi connectivity index (χ1n) is 10.6. The zero-order valence-corrected chi connectivity index (χ0v) is 18.4. The number of rotatable bonds is 7. The van der Waals surface area contributed by atoms with E-state index in [2.05, 4.69) is 41.8 Å². The van der Waals surface area contributed by atoms with Crippen LogP contribution < -0.4 is 5.56 Å². The quantitative estimate of drug-likeness (QED) is 0.592. The molecule has 0 fully saturated rings. The Bertz CT molecular complexity index is 1020. The van der Waals surface area contributed by atoms with Crippen LogP contribution in [-0.4, -0.2) is 39.1 Å². The predicted molar refractivity (Wildman–Crippen MR) is 120 cm³/mol. The van der Waals surface area contributed by atoms with E-state index in [-0.39, 0.29) is 5.56 Å². The normalized spacial score (nSPS) is 16.7. The fourth-order valence-electron chi connectivity index (χ4n) is 4.14. The molecule has 29 heavy (non-hydrogen) atoms. The minimum absolute atomic E-state index is 0.148. The van der Waals surface area contributed by atoms with Crippen LogP contribution in [0.2, 0.25) is 0 Å². The number of aryl methyl sites for hydroxylation is 2. The largest absolute Gasteiger partial charge is 0.303 e. The van der Waals surface area contributed by atoms with Crippen LogP contribution in [0.3, 0.4) is 0 Å². The second kappa shape index (κ2) is 8.76. The van der Waals surface area contributed by atoms with Crippen molar-refractivity contribution in [2.45, 2.75) is 58.5 Å². The Morgan fingerprint density at radius 2 is 2.17 bits per heavy atom. The molecule has 0 spiro atoms. The first kappa shape index (κ1) is 20.2. The van der Waals surface area contributed by atoms with Gasteiger partial charge in [0.05, 0.1) is 11.7 Å². The number of fused-ring (bicyclic) bond motifs is 3. The highest BCUT2D eigenvalue weighted by Gasteiger charge is 2.27. The molecule has 4 rings (SSSR count). The van der Waals surface area contributed by atoms with Crippen molar-refractivity contribution < 1.29 is 0 Å². The molecule has 0 bridgehead atoms. The highest BCUT2D eigenvalue weighted by atomic mass is 32.1. The van der Waals surface area contributed by atoms with Crippen molar-refractivity contribution in [1.29, 1.82) is 0 Å². The third-order valence-electron chi connectivity index (χ3n) is 6.03. The van der Waals surface area contributed by atoms with E-state index in [1.54, 1.807) is 22.2 Å². The van der Waals surface area contributed by atoms with Crippen LogP contribution in [-0.2, 0) is 25.8 Å². The van der Waals surface area contributed by atoms with E-state index in [4.69, 9.17) is 0 Å². The molecule has 0 aromatic carbocycles. The van der Waals surface area contributed by atoms with E-state index in [9.17, 15) is 4.79 Å². The molecule has 0 saturated heterocycles. The molecular formula is C23H30N4OS. The van der Waals surface area contributed by atoms with Crippen molar-refractivity contribution in [3.05, 3.63) is 57.2 Å². The van der Waals surface area contributed by atoms with E-state index in [1.807, 2.05) is 18.3 Å². The molecule has 0 N–H and O–H groups in total. The number of hydrogen-bond acceptors (Lipinski definition) is 5. The number of hydrogen-bond donors (Lipinski definition) is 0. The standard InChI is InChI=1S/C23H30N4OS/c1-16(2)9-13-27-15-25-22-21(23(27)28)19-8-7-18(14-20(19)29-22)26(3)12-10-17-6-4-5-11-24-17/h4-6,11,15-16,18H,7-10,12-14H2,1-3H3/t18-/m1/s1. The third-order valence-corrected chi connectivity index (χ3v) is 7.19. The van der Waals surface area contributed by atoms with Gasteiger partial charge in [0.2, 0.25) is 0 Å². The molecule has 0 unspecified atom stereocenters. The number of pyridine rings is 1. The third kappa shape index (κ3) is 4.43. The first-order valence-corrected chi connectivity index (χ1v) is 11.4. The van der Waals surface area contributed by atoms with Crippen LogP contribution in [0.4, 0.5) is 0 Å². The fraction of sp³-hybridized carbons (Fsp3) is 0.522. The zero-order chi connectivity index (χ0) is 20.4. The molecule has 6 heteroatoms. The summed E-state index contributed by atoms with van der Waals surface area (Å²) in [5.41, 5.74) is 2.55. The second-order valence-electron chi connectivity index (χ2n) is 8.56. The van der Waals surface area contributed by atoms with Crippen LogP contribution in [0, 0.1) is 5.92 Å². The average molecular weight is 411 g/mol. The smallest absolute Gasteiger partial charge is 0.262 e. The fourth-order valence-corrected chi connectivity index (χ4v) is 5.38. The molecular weight excluding hydrogens is 380 g/mol. The first-order chi connectivity index (χ1) is 14.0. The highest BCUT2D eigenvalue weighted by molar-refractivity contribution is 7.18. The average Bonchev–Trinajstić information content (AvgIpc) is 3.10. The summed E-state index contributed by atoms with van der Waals surface area (Å²) in [6.07, 6.45) is 8.65. The summed E-state index contributed by atoms with van der Waals surface area (Å²) >= 11 is 1.72. The maximum Gasteiger partial charge on any atom is 0.262 e. The minimum atomic E-state index is 0.148. The van der Waals surface area contributed by atoms with Gasteiger partial charge in [0, 0.05) is 42.3 Å². The molecule has 1 aliphatic rings. The Morgan fingerprint density at radius 1 is 1.31 bits per heavy atom. The molecule has 0 aliphatic heterocycles. The molecule has 154 valence electrons. The van der Waals surface area contributed by atoms with Gasteiger partial charge < -0.3 is 4.90 Å². The lowest BCUT2D eigenvalue weighted by Crippen LogP contribution is -2.37. The molecule has 3 aromatic rings. The Balaban J connectivity index is 1.49. The summed E-state index contributed by atoms with van der Waals surface area (Å²) in [7, 11) is 2.21. The molecule has 0 amide bonds. The molecule has 3 heterocycles. The molecule has 1 aliphatic carbocycles. The lowest BCUT2D eigenvalue weighted by Gasteiger charge is -2.31. The SMILES string of the molecule is CC(C)CCn1cnc2sc3c(c2c1=O)CC[C@@H](N(C)CCc1ccccn1)C3. The summed E-state index contributed by atoms with van der Waals surface area (Å²) in [5, 5.41) is 0.880. The van der Waals surface area contributed by atoms with E-state index in [1.165, 1.54) is 10.4 Å². The van der Waals surface area contributed by atoms with E-state index in [0.717, 1.165) is 61.1 Å². The number of aromatic nitrogens is 3. The maximum absolute atomic E-state index is 13.1. The van der Waals surface area contributed by atoms with E-state index in [0.29, 0.717) is 12.0 Å². The van der Waals surface area contributed by atoms with Gasteiger partial charge in [-0.25, -0.2) is 4.98 Å². The molecule has 1 atom stereocenters. The summed E-state index contributed by atoms with van der Waals surface area (Å²) < 4.78 is 1.81. The number of likely N-dealkylation sites (N-methyl/N-ethyl adjacent to an activating group) is 1. The van der Waals surface area contributed by atoms with Crippen LogP contribution in [0.1, 0.15) is 42.8 Å². The van der Waals surface area contributed by atoms with Crippen LogP contribution in [0.15, 0.2) is 35.5 Å². The van der Waals surface area contributed by atoms with Crippen molar-refractivity contribution in [1.82, 2.24) is 19.4 Å². The zero-order valence-electron chi connectivity index (χ0n) is 17.6. The summed E-state index contributed by atoms with van der Waals surface area (Å²) in [4.78, 5) is 26.8. The van der Waals surface area contributed by atoms with Crippen molar-refractivity contribution in [2.75, 3.05) is 13.6 Å². The van der Waals surface area contributed by atoms with Gasteiger partial charge in [0.1, 0.15) is 4.83 Å². The lowest BCUT2D eigenvalue weighted by molar-refractivity contribution is 0.225. The summed E-state index contributed by atoms with van der Waals surface area (Å²) in [6, 6.07) is 6.62. The van der Waals surface area contributed by atoms with Gasteiger partial charge in [-0.15, -0.1) is 11.3 Å². The van der Waals surface area contributed by atoms with Crippen molar-refractivity contribution >= 4 is 21.6 Å². The van der Waals surface area contributed by atoms with Crippen LogP contribution in [0.25, 0.3) is 10.2 Å². The van der Waals surface area contributed by atoms with Crippen LogP contribution in [0.5, 0.6) is 0 Å². The van der Waals surface area contributed by atoms with Gasteiger partial charge in [-0.1, -0.05) is 19.9 Å². The summed E-state index contributed by atoms with van der Waals surface area (Å²) in [5.74, 6) is 0.580. The van der Waals surface area contributed by atoms with E-state index < -0.39 is 0 Å². The van der Waals surface area contributed by atoms with Crippen molar-refractivity contribution in [2.24, 2.45) is 5.92 Å². The Hall–Kier alpha value is -2.05. The minimum Gasteiger partial charge on any atom is -0.303 e. The Labute approximate surface area is 176 Å². The number of nitrogens with zero attached hydrogens (tertiary/aromatic N) is 4. The summed E-state index contributed by atoms with van der Waals surface area (Å²) in [6.45, 7) is 6.13. The van der Waals surface area contributed by atoms with Gasteiger partial charge in [0.25, 0.3) is 5.56 Å².